The van der Waals surface area contributed by atoms with Crippen LogP contribution in [0.5, 0.6) is 5.75 Å². The molecule has 0 saturated heterocycles. The fraction of sp³-hybridized carbons (Fsp3) is 0.250. The Labute approximate surface area is 208 Å². The third kappa shape index (κ3) is 5.66. The molecule has 1 amide bonds. The molecule has 0 spiro atoms. The molecule has 1 unspecified atom stereocenters. The second-order valence-corrected chi connectivity index (χ2v) is 9.34. The topological polar surface area (TPSA) is 74.3 Å². The van der Waals surface area contributed by atoms with Crippen LogP contribution in [0.4, 0.5) is 4.39 Å². The van der Waals surface area contributed by atoms with Crippen LogP contribution in [0.2, 0.25) is 5.02 Å². The van der Waals surface area contributed by atoms with E-state index in [0.717, 1.165) is 28.6 Å². The van der Waals surface area contributed by atoms with Gasteiger partial charge < -0.3 is 20.1 Å². The van der Waals surface area contributed by atoms with Crippen LogP contribution >= 0.6 is 11.6 Å². The molecule has 4 rings (SSSR count). The predicted molar refractivity (Wildman–Crippen MR) is 137 cm³/mol. The number of aryl methyl sites for hydroxylation is 1. The summed E-state index contributed by atoms with van der Waals surface area (Å²) < 4.78 is 19.6. The normalized spacial score (nSPS) is 13.0. The van der Waals surface area contributed by atoms with Crippen molar-refractivity contribution < 1.29 is 19.0 Å². The van der Waals surface area contributed by atoms with E-state index in [2.05, 4.69) is 10.3 Å². The Hall–Kier alpha value is -3.35. The van der Waals surface area contributed by atoms with Crippen LogP contribution in [0, 0.1) is 12.7 Å². The van der Waals surface area contributed by atoms with Crippen LogP contribution in [-0.4, -0.2) is 28.3 Å². The van der Waals surface area contributed by atoms with Crippen molar-refractivity contribution >= 4 is 28.4 Å². The van der Waals surface area contributed by atoms with E-state index in [1.807, 2.05) is 38.1 Å². The number of fused-ring (bicyclic) bond motifs is 1. The second kappa shape index (κ2) is 10.1. The van der Waals surface area contributed by atoms with Gasteiger partial charge in [0.05, 0.1) is 12.2 Å². The number of aliphatic hydroxyl groups is 1. The lowest BCUT2D eigenvalue weighted by Crippen LogP contribution is -2.47. The number of hydrogen-bond donors (Lipinski definition) is 3. The minimum absolute atomic E-state index is 0.0839. The Balaban J connectivity index is 1.62. The van der Waals surface area contributed by atoms with Crippen LogP contribution < -0.4 is 10.1 Å². The summed E-state index contributed by atoms with van der Waals surface area (Å²) in [6.07, 6.45) is 2.58. The Kier molecular flexibility index (Phi) is 7.15. The molecule has 182 valence electrons. The van der Waals surface area contributed by atoms with Gasteiger partial charge in [-0.2, -0.15) is 0 Å². The molecular formula is C28H28ClFN2O3. The molecule has 1 heterocycles. The van der Waals surface area contributed by atoms with E-state index in [1.54, 1.807) is 24.4 Å². The van der Waals surface area contributed by atoms with Crippen LogP contribution in [0.3, 0.4) is 0 Å². The summed E-state index contributed by atoms with van der Waals surface area (Å²) in [4.78, 5) is 16.4. The van der Waals surface area contributed by atoms with E-state index in [1.165, 1.54) is 19.1 Å². The highest BCUT2D eigenvalue weighted by Crippen LogP contribution is 2.30. The minimum Gasteiger partial charge on any atom is -0.493 e. The van der Waals surface area contributed by atoms with Gasteiger partial charge in [-0.15, -0.1) is 0 Å². The number of halogens is 2. The summed E-state index contributed by atoms with van der Waals surface area (Å²) in [6, 6.07) is 15.5. The van der Waals surface area contributed by atoms with Crippen molar-refractivity contribution in [1.29, 1.82) is 0 Å². The van der Waals surface area contributed by atoms with Crippen molar-refractivity contribution in [2.24, 2.45) is 0 Å². The number of ether oxygens (including phenoxy) is 1. The SMILES string of the molecule is CCCOc1ccc(-c2ccc(C)c(Cl)c2)cc1C(=O)NC(C)(O)Cc1c[nH]c2ccc(F)cc12. The number of nitrogens with one attached hydrogen (secondary N) is 2. The number of rotatable bonds is 8. The first kappa shape index (κ1) is 24.8. The average molecular weight is 495 g/mol. The maximum absolute atomic E-state index is 13.8. The molecule has 0 aliphatic rings. The van der Waals surface area contributed by atoms with Gasteiger partial charge in [-0.05, 0) is 78.9 Å². The number of aromatic amines is 1. The number of carbonyl (C=O) groups is 1. The molecule has 0 aliphatic heterocycles. The molecule has 0 saturated carbocycles. The smallest absolute Gasteiger partial charge is 0.257 e. The van der Waals surface area contributed by atoms with Crippen molar-refractivity contribution in [2.75, 3.05) is 6.61 Å². The van der Waals surface area contributed by atoms with Gasteiger partial charge in [-0.3, -0.25) is 4.79 Å². The molecule has 1 aromatic heterocycles. The summed E-state index contributed by atoms with van der Waals surface area (Å²) in [5, 5.41) is 15.1. The zero-order valence-electron chi connectivity index (χ0n) is 19.9. The van der Waals surface area contributed by atoms with Gasteiger partial charge in [0, 0.05) is 28.5 Å². The largest absolute Gasteiger partial charge is 0.493 e. The van der Waals surface area contributed by atoms with Crippen molar-refractivity contribution in [3.05, 3.63) is 88.3 Å². The summed E-state index contributed by atoms with van der Waals surface area (Å²) in [6.45, 7) is 5.88. The van der Waals surface area contributed by atoms with Gasteiger partial charge >= 0.3 is 0 Å². The second-order valence-electron chi connectivity index (χ2n) is 8.93. The Bertz CT molecular complexity index is 1380. The van der Waals surface area contributed by atoms with Crippen LogP contribution in [-0.2, 0) is 6.42 Å². The first-order valence-electron chi connectivity index (χ1n) is 11.5. The van der Waals surface area contributed by atoms with Crippen molar-refractivity contribution in [2.45, 2.75) is 39.3 Å². The molecule has 3 N–H and O–H groups in total. The fourth-order valence-corrected chi connectivity index (χ4v) is 4.20. The number of carbonyl (C=O) groups excluding carboxylic acids is 1. The highest BCUT2D eigenvalue weighted by atomic mass is 35.5. The van der Waals surface area contributed by atoms with E-state index >= 15 is 0 Å². The quantitative estimate of drug-likeness (QED) is 0.248. The summed E-state index contributed by atoms with van der Waals surface area (Å²) >= 11 is 6.31. The number of amides is 1. The number of aromatic nitrogens is 1. The predicted octanol–water partition coefficient (Wildman–Crippen LogP) is 6.41. The standard InChI is InChI=1S/C28H28ClFN2O3/c1-4-11-35-26-10-7-18(19-6-5-17(2)24(29)13-19)12-23(26)27(33)32-28(3,34)15-20-16-31-25-9-8-21(30)14-22(20)25/h5-10,12-14,16,31,34H,4,11,15H2,1-3H3,(H,32,33). The van der Waals surface area contributed by atoms with Crippen molar-refractivity contribution in [3.8, 4) is 16.9 Å². The van der Waals surface area contributed by atoms with Gasteiger partial charge in [-0.25, -0.2) is 4.39 Å². The lowest BCUT2D eigenvalue weighted by molar-refractivity contribution is 0.0234. The zero-order chi connectivity index (χ0) is 25.2. The van der Waals surface area contributed by atoms with Gasteiger partial charge in [0.25, 0.3) is 5.91 Å². The molecular weight excluding hydrogens is 467 g/mol. The molecule has 3 aromatic carbocycles. The zero-order valence-corrected chi connectivity index (χ0v) is 20.7. The Morgan fingerprint density at radius 3 is 2.63 bits per heavy atom. The van der Waals surface area contributed by atoms with E-state index < -0.39 is 11.6 Å². The summed E-state index contributed by atoms with van der Waals surface area (Å²) in [5.41, 5.74) is 2.78. The molecule has 0 bridgehead atoms. The van der Waals surface area contributed by atoms with E-state index in [-0.39, 0.29) is 12.2 Å². The third-order valence-corrected chi connectivity index (χ3v) is 6.25. The van der Waals surface area contributed by atoms with E-state index in [0.29, 0.717) is 33.9 Å². The number of benzene rings is 3. The highest BCUT2D eigenvalue weighted by Gasteiger charge is 2.27. The average Bonchev–Trinajstić information content (AvgIpc) is 3.20. The van der Waals surface area contributed by atoms with Crippen LogP contribution in [0.1, 0.15) is 41.8 Å². The molecule has 1 atom stereocenters. The van der Waals surface area contributed by atoms with Gasteiger partial charge in [-0.1, -0.05) is 36.7 Å². The van der Waals surface area contributed by atoms with Crippen molar-refractivity contribution in [3.63, 3.8) is 0 Å². The molecule has 0 radical (unpaired) electrons. The molecule has 0 fully saturated rings. The maximum atomic E-state index is 13.8. The third-order valence-electron chi connectivity index (χ3n) is 5.84. The van der Waals surface area contributed by atoms with Crippen LogP contribution in [0.15, 0.2) is 60.8 Å². The molecule has 5 nitrogen and oxygen atoms in total. The maximum Gasteiger partial charge on any atom is 0.257 e. The summed E-state index contributed by atoms with van der Waals surface area (Å²) in [7, 11) is 0. The van der Waals surface area contributed by atoms with Gasteiger partial charge in [0.15, 0.2) is 0 Å². The number of hydrogen-bond acceptors (Lipinski definition) is 3. The minimum atomic E-state index is -1.59. The lowest BCUT2D eigenvalue weighted by Gasteiger charge is -2.25. The Morgan fingerprint density at radius 2 is 1.89 bits per heavy atom. The monoisotopic (exact) mass is 494 g/mol. The first-order valence-corrected chi connectivity index (χ1v) is 11.9. The van der Waals surface area contributed by atoms with Gasteiger partial charge in [0.1, 0.15) is 17.3 Å². The molecule has 4 aromatic rings. The van der Waals surface area contributed by atoms with Gasteiger partial charge in [0.2, 0.25) is 0 Å². The molecule has 35 heavy (non-hydrogen) atoms. The lowest BCUT2D eigenvalue weighted by atomic mass is 9.99. The van der Waals surface area contributed by atoms with E-state index in [4.69, 9.17) is 16.3 Å². The molecule has 0 aliphatic carbocycles. The van der Waals surface area contributed by atoms with E-state index in [9.17, 15) is 14.3 Å². The summed E-state index contributed by atoms with van der Waals surface area (Å²) in [5.74, 6) is -0.420. The highest BCUT2D eigenvalue weighted by molar-refractivity contribution is 6.31. The Morgan fingerprint density at radius 1 is 1.14 bits per heavy atom. The van der Waals surface area contributed by atoms with Crippen molar-refractivity contribution in [1.82, 2.24) is 10.3 Å². The molecule has 7 heteroatoms. The number of H-pyrrole nitrogens is 1. The first-order chi connectivity index (χ1) is 16.7. The van der Waals surface area contributed by atoms with Crippen LogP contribution in [0.25, 0.3) is 22.0 Å². The fourth-order valence-electron chi connectivity index (χ4n) is 4.02.